The molecule has 1 amide bonds. The van der Waals surface area contributed by atoms with Crippen molar-refractivity contribution in [3.63, 3.8) is 0 Å². The molecule has 0 atom stereocenters. The highest BCUT2D eigenvalue weighted by Crippen LogP contribution is 2.43. The van der Waals surface area contributed by atoms with Gasteiger partial charge in [0.1, 0.15) is 5.75 Å². The topological polar surface area (TPSA) is 56.8 Å². The maximum absolute atomic E-state index is 12.8. The highest BCUT2D eigenvalue weighted by Gasteiger charge is 2.36. The molecule has 1 N–H and O–H groups in total. The van der Waals surface area contributed by atoms with Gasteiger partial charge in [-0.3, -0.25) is 4.79 Å². The first-order chi connectivity index (χ1) is 14.5. The summed E-state index contributed by atoms with van der Waals surface area (Å²) in [6.45, 7) is 5.49. The second-order valence-electron chi connectivity index (χ2n) is 8.47. The van der Waals surface area contributed by atoms with Gasteiger partial charge in [0.2, 0.25) is 0 Å². The predicted octanol–water partition coefficient (Wildman–Crippen LogP) is 4.98. The van der Waals surface area contributed by atoms with Crippen LogP contribution in [0.4, 0.5) is 0 Å². The van der Waals surface area contributed by atoms with Gasteiger partial charge >= 0.3 is 0 Å². The monoisotopic (exact) mass is 411 g/mol. The third-order valence-electron chi connectivity index (χ3n) is 5.84. The number of ether oxygens (including phenoxy) is 3. The molecule has 1 aliphatic carbocycles. The average molecular weight is 412 g/mol. The van der Waals surface area contributed by atoms with Gasteiger partial charge in [0.15, 0.2) is 11.5 Å². The Bertz CT molecular complexity index is 839. The number of benzene rings is 2. The molecule has 0 heterocycles. The zero-order valence-corrected chi connectivity index (χ0v) is 18.5. The molecule has 2 aromatic carbocycles. The first-order valence-corrected chi connectivity index (χ1v) is 10.7. The molecule has 0 bridgehead atoms. The summed E-state index contributed by atoms with van der Waals surface area (Å²) < 4.78 is 16.6. The molecular formula is C25H33NO4. The molecular weight excluding hydrogens is 378 g/mol. The lowest BCUT2D eigenvalue weighted by atomic mass is 9.78. The van der Waals surface area contributed by atoms with Crippen molar-refractivity contribution in [1.82, 2.24) is 5.32 Å². The average Bonchev–Trinajstić information content (AvgIpc) is 3.26. The predicted molar refractivity (Wildman–Crippen MR) is 119 cm³/mol. The van der Waals surface area contributed by atoms with Gasteiger partial charge in [0.05, 0.1) is 20.8 Å². The van der Waals surface area contributed by atoms with Crippen molar-refractivity contribution < 1.29 is 19.0 Å². The summed E-state index contributed by atoms with van der Waals surface area (Å²) in [6, 6.07) is 13.5. The minimum Gasteiger partial charge on any atom is -0.493 e. The van der Waals surface area contributed by atoms with Gasteiger partial charge in [-0.15, -0.1) is 0 Å². The van der Waals surface area contributed by atoms with Gasteiger partial charge in [0.25, 0.3) is 5.91 Å². The van der Waals surface area contributed by atoms with Crippen molar-refractivity contribution in [3.05, 3.63) is 53.6 Å². The van der Waals surface area contributed by atoms with E-state index in [2.05, 4.69) is 31.3 Å². The summed E-state index contributed by atoms with van der Waals surface area (Å²) in [7, 11) is 3.29. The quantitative estimate of drug-likeness (QED) is 0.632. The van der Waals surface area contributed by atoms with Crippen molar-refractivity contribution in [2.45, 2.75) is 44.9 Å². The Labute approximate surface area is 179 Å². The van der Waals surface area contributed by atoms with Gasteiger partial charge in [-0.25, -0.2) is 0 Å². The Balaban J connectivity index is 1.69. The van der Waals surface area contributed by atoms with Crippen molar-refractivity contribution in [2.75, 3.05) is 27.4 Å². The number of methoxy groups -OCH3 is 2. The molecule has 3 rings (SSSR count). The Hall–Kier alpha value is -2.69. The Kier molecular flexibility index (Phi) is 7.24. The van der Waals surface area contributed by atoms with Crippen LogP contribution in [0.1, 0.15) is 55.5 Å². The van der Waals surface area contributed by atoms with E-state index in [0.717, 1.165) is 42.9 Å². The van der Waals surface area contributed by atoms with Crippen LogP contribution in [0.3, 0.4) is 0 Å². The first kappa shape index (κ1) is 22.0. The van der Waals surface area contributed by atoms with Gasteiger partial charge in [-0.2, -0.15) is 0 Å². The molecule has 1 aliphatic rings. The molecule has 1 fully saturated rings. The van der Waals surface area contributed by atoms with Crippen LogP contribution in [0.2, 0.25) is 0 Å². The smallest absolute Gasteiger partial charge is 0.251 e. The third-order valence-corrected chi connectivity index (χ3v) is 5.84. The van der Waals surface area contributed by atoms with Crippen LogP contribution in [0, 0.1) is 5.92 Å². The van der Waals surface area contributed by atoms with Crippen molar-refractivity contribution in [2.24, 2.45) is 5.92 Å². The molecule has 0 radical (unpaired) electrons. The lowest BCUT2D eigenvalue weighted by molar-refractivity contribution is 0.0943. The summed E-state index contributed by atoms with van der Waals surface area (Å²) >= 11 is 0. The Morgan fingerprint density at radius 3 is 2.27 bits per heavy atom. The highest BCUT2D eigenvalue weighted by molar-refractivity contribution is 5.94. The summed E-state index contributed by atoms with van der Waals surface area (Å²) in [6.07, 6.45) is 4.41. The number of hydrogen-bond acceptors (Lipinski definition) is 4. The van der Waals surface area contributed by atoms with Crippen molar-refractivity contribution in [1.29, 1.82) is 0 Å². The number of nitrogens with one attached hydrogen (secondary N) is 1. The van der Waals surface area contributed by atoms with Crippen molar-refractivity contribution in [3.8, 4) is 17.2 Å². The summed E-state index contributed by atoms with van der Waals surface area (Å²) in [5, 5.41) is 3.16. The van der Waals surface area contributed by atoms with Crippen LogP contribution < -0.4 is 19.5 Å². The van der Waals surface area contributed by atoms with E-state index in [1.54, 1.807) is 14.2 Å². The number of carbonyl (C=O) groups is 1. The minimum atomic E-state index is -0.0739. The zero-order valence-electron chi connectivity index (χ0n) is 18.5. The summed E-state index contributed by atoms with van der Waals surface area (Å²) in [4.78, 5) is 12.8. The van der Waals surface area contributed by atoms with E-state index in [0.29, 0.717) is 24.6 Å². The van der Waals surface area contributed by atoms with Crippen LogP contribution in [0.5, 0.6) is 17.2 Å². The van der Waals surface area contributed by atoms with E-state index in [4.69, 9.17) is 14.2 Å². The van der Waals surface area contributed by atoms with E-state index in [1.807, 2.05) is 30.3 Å². The normalized spacial score (nSPS) is 15.1. The highest BCUT2D eigenvalue weighted by atomic mass is 16.5. The molecule has 30 heavy (non-hydrogen) atoms. The molecule has 1 saturated carbocycles. The first-order valence-electron chi connectivity index (χ1n) is 10.7. The van der Waals surface area contributed by atoms with Crippen LogP contribution in [0.15, 0.2) is 42.5 Å². The molecule has 2 aromatic rings. The standard InChI is InChI=1S/C25H33NO4/c1-18(2)16-30-21-10-7-19(8-11-21)24(27)26-17-25(13-5-6-14-25)20-9-12-22(28-3)23(15-20)29-4/h7-12,15,18H,5-6,13-14,16-17H2,1-4H3,(H,26,27). The zero-order chi connectivity index (χ0) is 21.6. The molecule has 0 aliphatic heterocycles. The lowest BCUT2D eigenvalue weighted by Gasteiger charge is -2.30. The van der Waals surface area contributed by atoms with Crippen LogP contribution >= 0.6 is 0 Å². The molecule has 0 aromatic heterocycles. The van der Waals surface area contributed by atoms with E-state index in [-0.39, 0.29) is 11.3 Å². The van der Waals surface area contributed by atoms with Crippen LogP contribution in [0.25, 0.3) is 0 Å². The Morgan fingerprint density at radius 1 is 1.00 bits per heavy atom. The molecule has 5 heteroatoms. The fourth-order valence-electron chi connectivity index (χ4n) is 4.10. The largest absolute Gasteiger partial charge is 0.493 e. The van der Waals surface area contributed by atoms with Gasteiger partial charge in [-0.1, -0.05) is 32.8 Å². The summed E-state index contributed by atoms with van der Waals surface area (Å²) in [5.41, 5.74) is 1.76. The van der Waals surface area contributed by atoms with E-state index >= 15 is 0 Å². The SMILES string of the molecule is COc1ccc(C2(CNC(=O)c3ccc(OCC(C)C)cc3)CCCC2)cc1OC. The van der Waals surface area contributed by atoms with Crippen molar-refractivity contribution >= 4 is 5.91 Å². The molecule has 162 valence electrons. The molecule has 0 spiro atoms. The maximum atomic E-state index is 12.8. The van der Waals surface area contributed by atoms with Crippen LogP contribution in [-0.2, 0) is 5.41 Å². The number of amides is 1. The fourth-order valence-corrected chi connectivity index (χ4v) is 4.10. The lowest BCUT2D eigenvalue weighted by Crippen LogP contribution is -2.39. The number of carbonyl (C=O) groups excluding carboxylic acids is 1. The molecule has 5 nitrogen and oxygen atoms in total. The van der Waals surface area contributed by atoms with Gasteiger partial charge in [0, 0.05) is 17.5 Å². The second-order valence-corrected chi connectivity index (χ2v) is 8.47. The number of hydrogen-bond donors (Lipinski definition) is 1. The Morgan fingerprint density at radius 2 is 1.67 bits per heavy atom. The molecule has 0 saturated heterocycles. The van der Waals surface area contributed by atoms with E-state index < -0.39 is 0 Å². The second kappa shape index (κ2) is 9.88. The van der Waals surface area contributed by atoms with Gasteiger partial charge < -0.3 is 19.5 Å². The number of rotatable bonds is 9. The van der Waals surface area contributed by atoms with E-state index in [9.17, 15) is 4.79 Å². The molecule has 0 unspecified atom stereocenters. The maximum Gasteiger partial charge on any atom is 0.251 e. The van der Waals surface area contributed by atoms with E-state index in [1.165, 1.54) is 5.56 Å². The summed E-state index contributed by atoms with van der Waals surface area (Å²) in [5.74, 6) is 2.64. The fraction of sp³-hybridized carbons (Fsp3) is 0.480. The van der Waals surface area contributed by atoms with Crippen LogP contribution in [-0.4, -0.2) is 33.3 Å². The van der Waals surface area contributed by atoms with Gasteiger partial charge in [-0.05, 0) is 60.7 Å². The third kappa shape index (κ3) is 5.07. The minimum absolute atomic E-state index is 0.0582.